The van der Waals surface area contributed by atoms with Gasteiger partial charge in [0.05, 0.1) is 27.8 Å². The van der Waals surface area contributed by atoms with Crippen LogP contribution in [0, 0.1) is 5.92 Å². The molecule has 8 heteroatoms. The molecular weight excluding hydrogens is 342 g/mol. The number of hydrogen-bond donors (Lipinski definition) is 2. The first-order valence-electron chi connectivity index (χ1n) is 5.98. The Bertz CT molecular complexity index is 584. The monoisotopic (exact) mass is 354 g/mol. The van der Waals surface area contributed by atoms with Gasteiger partial charge in [-0.25, -0.2) is 9.59 Å². The molecule has 0 aliphatic carbocycles. The highest BCUT2D eigenvalue weighted by molar-refractivity contribution is 6.47. The largest absolute Gasteiger partial charge is 0.490 e. The maximum Gasteiger partial charge on any atom is 0.338 e. The molecule has 0 atom stereocenters. The fraction of sp³-hybridized carbons (Fsp3) is 0.385. The first-order chi connectivity index (χ1) is 9.68. The molecule has 0 aromatic heterocycles. The van der Waals surface area contributed by atoms with Crippen molar-refractivity contribution in [2.45, 2.75) is 20.3 Å². The lowest BCUT2D eigenvalue weighted by atomic mass is 10.1. The predicted molar refractivity (Wildman–Crippen MR) is 80.3 cm³/mol. The van der Waals surface area contributed by atoms with Crippen LogP contribution < -0.4 is 4.74 Å². The fourth-order valence-electron chi connectivity index (χ4n) is 1.56. The zero-order valence-corrected chi connectivity index (χ0v) is 13.5. The molecule has 116 valence electrons. The van der Waals surface area contributed by atoms with Crippen LogP contribution in [0.3, 0.4) is 0 Å². The number of carbonyl (C=O) groups is 2. The maximum atomic E-state index is 11.2. The third-order valence-electron chi connectivity index (χ3n) is 2.65. The molecule has 0 aliphatic rings. The Morgan fingerprint density at radius 2 is 1.48 bits per heavy atom. The second-order valence-corrected chi connectivity index (χ2v) is 5.80. The highest BCUT2D eigenvalue weighted by Crippen LogP contribution is 2.44. The standard InChI is InChI=1S/C13H13Cl3O5/c1-5(2)3-4-21-11-9(15)7(13(19)20)6(12(17)18)8(14)10(11)16/h5H,3-4H2,1-2H3,(H,17,18)(H,19,20). The molecule has 0 saturated heterocycles. The van der Waals surface area contributed by atoms with Gasteiger partial charge in [0.2, 0.25) is 0 Å². The fourth-order valence-corrected chi connectivity index (χ4v) is 2.44. The average Bonchev–Trinajstić information content (AvgIpc) is 2.36. The van der Waals surface area contributed by atoms with Crippen LogP contribution in [-0.4, -0.2) is 28.8 Å². The topological polar surface area (TPSA) is 83.8 Å². The lowest BCUT2D eigenvalue weighted by Crippen LogP contribution is -2.12. The van der Waals surface area contributed by atoms with E-state index in [1.807, 2.05) is 13.8 Å². The summed E-state index contributed by atoms with van der Waals surface area (Å²) in [4.78, 5) is 22.4. The number of hydrogen-bond acceptors (Lipinski definition) is 3. The molecule has 0 amide bonds. The van der Waals surface area contributed by atoms with Gasteiger partial charge >= 0.3 is 11.9 Å². The van der Waals surface area contributed by atoms with E-state index in [2.05, 4.69) is 0 Å². The highest BCUT2D eigenvalue weighted by atomic mass is 35.5. The Labute approximate surface area is 136 Å². The second kappa shape index (κ2) is 7.20. The number of carboxylic acid groups (broad SMARTS) is 2. The second-order valence-electron chi connectivity index (χ2n) is 4.66. The van der Waals surface area contributed by atoms with Crippen molar-refractivity contribution < 1.29 is 24.5 Å². The molecule has 1 rings (SSSR count). The maximum absolute atomic E-state index is 11.2. The van der Waals surface area contributed by atoms with Crippen molar-refractivity contribution in [3.63, 3.8) is 0 Å². The summed E-state index contributed by atoms with van der Waals surface area (Å²) in [6, 6.07) is 0. The van der Waals surface area contributed by atoms with Gasteiger partial charge < -0.3 is 14.9 Å². The number of carboxylic acids is 2. The Kier molecular flexibility index (Phi) is 6.13. The molecule has 1 aromatic rings. The van der Waals surface area contributed by atoms with Gasteiger partial charge in [-0.1, -0.05) is 48.7 Å². The van der Waals surface area contributed by atoms with E-state index in [9.17, 15) is 9.59 Å². The third-order valence-corrected chi connectivity index (χ3v) is 3.85. The summed E-state index contributed by atoms with van der Waals surface area (Å²) in [5, 5.41) is 17.2. The zero-order valence-electron chi connectivity index (χ0n) is 11.2. The summed E-state index contributed by atoms with van der Waals surface area (Å²) in [5.41, 5.74) is -1.30. The molecule has 1 aromatic carbocycles. The first kappa shape index (κ1) is 17.9. The lowest BCUT2D eigenvalue weighted by Gasteiger charge is -2.16. The summed E-state index contributed by atoms with van der Waals surface area (Å²) >= 11 is 17.7. The van der Waals surface area contributed by atoms with Crippen LogP contribution >= 0.6 is 34.8 Å². The number of ether oxygens (including phenoxy) is 1. The van der Waals surface area contributed by atoms with E-state index >= 15 is 0 Å². The minimum atomic E-state index is -1.53. The average molecular weight is 356 g/mol. The van der Waals surface area contributed by atoms with Crippen LogP contribution in [0.25, 0.3) is 0 Å². The quantitative estimate of drug-likeness (QED) is 0.736. The summed E-state index contributed by atoms with van der Waals surface area (Å²) in [6.07, 6.45) is 0.688. The Morgan fingerprint density at radius 1 is 1.00 bits per heavy atom. The third kappa shape index (κ3) is 3.93. The van der Waals surface area contributed by atoms with Crippen molar-refractivity contribution in [2.24, 2.45) is 5.92 Å². The molecule has 0 heterocycles. The molecule has 0 radical (unpaired) electrons. The van der Waals surface area contributed by atoms with Crippen LogP contribution in [0.15, 0.2) is 0 Å². The van der Waals surface area contributed by atoms with Crippen molar-refractivity contribution in [3.05, 3.63) is 26.2 Å². The molecule has 21 heavy (non-hydrogen) atoms. The molecular formula is C13H13Cl3O5. The van der Waals surface area contributed by atoms with E-state index < -0.39 is 28.1 Å². The lowest BCUT2D eigenvalue weighted by molar-refractivity contribution is 0.0651. The predicted octanol–water partition coefficient (Wildman–Crippen LogP) is 4.47. The van der Waals surface area contributed by atoms with E-state index in [1.165, 1.54) is 0 Å². The number of benzene rings is 1. The van der Waals surface area contributed by atoms with E-state index in [0.717, 1.165) is 0 Å². The van der Waals surface area contributed by atoms with Crippen molar-refractivity contribution in [2.75, 3.05) is 6.61 Å². The van der Waals surface area contributed by atoms with Crippen molar-refractivity contribution in [1.82, 2.24) is 0 Å². The molecule has 0 saturated carbocycles. The minimum absolute atomic E-state index is 0.119. The molecule has 0 fully saturated rings. The number of halogens is 3. The van der Waals surface area contributed by atoms with Crippen LogP contribution in [0.1, 0.15) is 41.0 Å². The first-order valence-corrected chi connectivity index (χ1v) is 7.11. The molecule has 5 nitrogen and oxygen atoms in total. The summed E-state index contributed by atoms with van der Waals surface area (Å²) in [5.74, 6) is -2.82. The van der Waals surface area contributed by atoms with E-state index in [1.54, 1.807) is 0 Å². The van der Waals surface area contributed by atoms with Gasteiger partial charge in [-0.05, 0) is 12.3 Å². The van der Waals surface area contributed by atoms with Gasteiger partial charge in [0.1, 0.15) is 5.02 Å². The highest BCUT2D eigenvalue weighted by Gasteiger charge is 2.30. The zero-order chi connectivity index (χ0) is 16.3. The van der Waals surface area contributed by atoms with Gasteiger partial charge in [0.25, 0.3) is 0 Å². The van der Waals surface area contributed by atoms with Crippen LogP contribution in [0.4, 0.5) is 0 Å². The van der Waals surface area contributed by atoms with Gasteiger partial charge in [0.15, 0.2) is 5.75 Å². The van der Waals surface area contributed by atoms with Gasteiger partial charge in [-0.15, -0.1) is 0 Å². The van der Waals surface area contributed by atoms with Gasteiger partial charge in [-0.3, -0.25) is 0 Å². The van der Waals surface area contributed by atoms with Gasteiger partial charge in [0, 0.05) is 0 Å². The van der Waals surface area contributed by atoms with Gasteiger partial charge in [-0.2, -0.15) is 0 Å². The molecule has 0 unspecified atom stereocenters. The van der Waals surface area contributed by atoms with Crippen molar-refractivity contribution in [1.29, 1.82) is 0 Å². The van der Waals surface area contributed by atoms with Crippen LogP contribution in [0.2, 0.25) is 15.1 Å². The SMILES string of the molecule is CC(C)CCOc1c(Cl)c(Cl)c(C(=O)O)c(C(=O)O)c1Cl. The molecule has 0 aliphatic heterocycles. The van der Waals surface area contributed by atoms with E-state index in [0.29, 0.717) is 12.3 Å². The minimum Gasteiger partial charge on any atom is -0.490 e. The van der Waals surface area contributed by atoms with E-state index in [4.69, 9.17) is 49.8 Å². The van der Waals surface area contributed by atoms with Crippen molar-refractivity contribution >= 4 is 46.7 Å². The Hall–Kier alpha value is -1.17. The number of aromatic carboxylic acids is 2. The molecule has 0 spiro atoms. The Morgan fingerprint density at radius 3 is 1.90 bits per heavy atom. The molecule has 0 bridgehead atoms. The smallest absolute Gasteiger partial charge is 0.338 e. The summed E-state index contributed by atoms with van der Waals surface area (Å²) in [6.45, 7) is 4.21. The van der Waals surface area contributed by atoms with E-state index in [-0.39, 0.29) is 22.4 Å². The van der Waals surface area contributed by atoms with Crippen LogP contribution in [-0.2, 0) is 0 Å². The summed E-state index contributed by atoms with van der Waals surface area (Å²) in [7, 11) is 0. The normalized spacial score (nSPS) is 10.8. The Balaban J connectivity index is 3.40. The molecule has 2 N–H and O–H groups in total. The number of rotatable bonds is 6. The summed E-state index contributed by atoms with van der Waals surface area (Å²) < 4.78 is 5.38. The van der Waals surface area contributed by atoms with Crippen molar-refractivity contribution in [3.8, 4) is 5.75 Å². The van der Waals surface area contributed by atoms with Crippen LogP contribution in [0.5, 0.6) is 5.75 Å².